The number of aliphatic hydroxyl groups excluding tert-OH is 1. The van der Waals surface area contributed by atoms with Crippen molar-refractivity contribution in [3.8, 4) is 0 Å². The molecule has 0 rings (SSSR count). The fourth-order valence-corrected chi connectivity index (χ4v) is 0.474. The van der Waals surface area contributed by atoms with Gasteiger partial charge in [0, 0.05) is 7.05 Å². The van der Waals surface area contributed by atoms with E-state index in [1.807, 2.05) is 0 Å². The van der Waals surface area contributed by atoms with Gasteiger partial charge in [0.1, 0.15) is 0 Å². The number of rotatable bonds is 3. The van der Waals surface area contributed by atoms with Gasteiger partial charge in [0.05, 0.1) is 25.2 Å². The second kappa shape index (κ2) is 4.99. The largest absolute Gasteiger partial charge is 0.501 e. The Morgan fingerprint density at radius 2 is 2.30 bits per heavy atom. The number of hydrogen-bond acceptors (Lipinski definition) is 3. The van der Waals surface area contributed by atoms with Gasteiger partial charge in [-0.05, 0) is 13.0 Å². The first-order valence-electron chi connectivity index (χ1n) is 3.03. The second-order valence-electron chi connectivity index (χ2n) is 1.83. The summed E-state index contributed by atoms with van der Waals surface area (Å²) in [5, 5.41) is 8.64. The quantitative estimate of drug-likeness (QED) is 0.464. The maximum Gasteiger partial charge on any atom is 0.0943 e. The van der Waals surface area contributed by atoms with Crippen LogP contribution in [-0.2, 0) is 4.74 Å². The summed E-state index contributed by atoms with van der Waals surface area (Å²) in [6, 6.07) is 0. The number of ether oxygens (including phenoxy) is 1. The first-order chi connectivity index (χ1) is 4.74. The van der Waals surface area contributed by atoms with Crippen LogP contribution in [-0.4, -0.2) is 31.6 Å². The van der Waals surface area contributed by atoms with Crippen LogP contribution in [0, 0.1) is 0 Å². The number of aliphatic hydroxyl groups is 1. The third-order valence-corrected chi connectivity index (χ3v) is 1.14. The molecule has 1 N–H and O–H groups in total. The highest BCUT2D eigenvalue weighted by atomic mass is 16.5. The van der Waals surface area contributed by atoms with Crippen LogP contribution in [0.4, 0.5) is 0 Å². The van der Waals surface area contributed by atoms with Crippen LogP contribution in [0.1, 0.15) is 6.92 Å². The van der Waals surface area contributed by atoms with E-state index in [0.717, 1.165) is 5.76 Å². The number of allylic oxidation sites excluding steroid dienone is 1. The summed E-state index contributed by atoms with van der Waals surface area (Å²) in [6.07, 6.45) is 1.69. The van der Waals surface area contributed by atoms with E-state index in [9.17, 15) is 0 Å². The van der Waals surface area contributed by atoms with E-state index in [-0.39, 0.29) is 6.61 Å². The molecule has 0 saturated heterocycles. The highest BCUT2D eigenvalue weighted by Gasteiger charge is 1.91. The molecule has 0 saturated carbocycles. The van der Waals surface area contributed by atoms with Gasteiger partial charge in [0.15, 0.2) is 0 Å². The normalized spacial score (nSPS) is 13.6. The predicted octanol–water partition coefficient (Wildman–Crippen LogP) is 0.600. The molecule has 0 atom stereocenters. The molecule has 0 aliphatic heterocycles. The molecule has 0 aromatic heterocycles. The lowest BCUT2D eigenvalue weighted by Gasteiger charge is -1.98. The smallest absolute Gasteiger partial charge is 0.0943 e. The van der Waals surface area contributed by atoms with Crippen LogP contribution in [0.3, 0.4) is 0 Å². The summed E-state index contributed by atoms with van der Waals surface area (Å²) in [6.45, 7) is 1.76. The zero-order valence-corrected chi connectivity index (χ0v) is 6.59. The Morgan fingerprint density at radius 1 is 1.70 bits per heavy atom. The Bertz CT molecular complexity index is 150. The van der Waals surface area contributed by atoms with E-state index >= 15 is 0 Å². The number of nitrogens with zero attached hydrogens (tertiary/aromatic N) is 1. The molecule has 0 heterocycles. The lowest BCUT2D eigenvalue weighted by Crippen LogP contribution is -2.01. The summed E-state index contributed by atoms with van der Waals surface area (Å²) in [5.74, 6) is 0.745. The van der Waals surface area contributed by atoms with Gasteiger partial charge in [0.25, 0.3) is 0 Å². The molecule has 3 heteroatoms. The Kier molecular flexibility index (Phi) is 4.58. The molecule has 0 radical (unpaired) electrons. The minimum Gasteiger partial charge on any atom is -0.501 e. The van der Waals surface area contributed by atoms with Gasteiger partial charge in [-0.2, -0.15) is 0 Å². The van der Waals surface area contributed by atoms with Gasteiger partial charge in [-0.3, -0.25) is 4.99 Å². The molecule has 0 bridgehead atoms. The highest BCUT2D eigenvalue weighted by Crippen LogP contribution is 1.92. The van der Waals surface area contributed by atoms with Crippen molar-refractivity contribution in [2.45, 2.75) is 6.92 Å². The van der Waals surface area contributed by atoms with Crippen LogP contribution in [0.2, 0.25) is 0 Å². The van der Waals surface area contributed by atoms with Gasteiger partial charge in [0.2, 0.25) is 0 Å². The number of aliphatic imine (C=N–C) groups is 1. The molecule has 3 nitrogen and oxygen atoms in total. The Hall–Kier alpha value is -0.830. The van der Waals surface area contributed by atoms with Gasteiger partial charge >= 0.3 is 0 Å². The van der Waals surface area contributed by atoms with Crippen molar-refractivity contribution >= 4 is 5.71 Å². The van der Waals surface area contributed by atoms with Crippen LogP contribution < -0.4 is 0 Å². The van der Waals surface area contributed by atoms with Gasteiger partial charge < -0.3 is 9.84 Å². The van der Waals surface area contributed by atoms with E-state index < -0.39 is 0 Å². The van der Waals surface area contributed by atoms with Crippen LogP contribution in [0.5, 0.6) is 0 Å². The molecule has 0 unspecified atom stereocenters. The zero-order valence-electron chi connectivity index (χ0n) is 6.59. The first kappa shape index (κ1) is 9.17. The molecule has 10 heavy (non-hydrogen) atoms. The van der Waals surface area contributed by atoms with Crippen molar-refractivity contribution in [3.63, 3.8) is 0 Å². The Labute approximate surface area is 61.0 Å². The third-order valence-electron chi connectivity index (χ3n) is 1.14. The fraction of sp³-hybridized carbons (Fsp3) is 0.571. The molecule has 0 aromatic rings. The van der Waals surface area contributed by atoms with Crippen LogP contribution >= 0.6 is 0 Å². The minimum absolute atomic E-state index is 0.0444. The van der Waals surface area contributed by atoms with E-state index in [0.29, 0.717) is 5.71 Å². The molecule has 0 aliphatic rings. The van der Waals surface area contributed by atoms with Crippen molar-refractivity contribution in [2.75, 3.05) is 20.8 Å². The monoisotopic (exact) mass is 143 g/mol. The average molecular weight is 143 g/mol. The number of hydrogen-bond donors (Lipinski definition) is 1. The molecule has 0 aromatic carbocycles. The van der Waals surface area contributed by atoms with Gasteiger partial charge in [-0.25, -0.2) is 0 Å². The van der Waals surface area contributed by atoms with Crippen molar-refractivity contribution < 1.29 is 9.84 Å². The maximum absolute atomic E-state index is 8.64. The highest BCUT2D eigenvalue weighted by molar-refractivity contribution is 5.96. The summed E-state index contributed by atoms with van der Waals surface area (Å²) in [7, 11) is 3.21. The fourth-order valence-electron chi connectivity index (χ4n) is 0.474. The summed E-state index contributed by atoms with van der Waals surface area (Å²) < 4.78 is 4.85. The topological polar surface area (TPSA) is 41.8 Å². The third kappa shape index (κ3) is 3.25. The van der Waals surface area contributed by atoms with E-state index in [1.165, 1.54) is 0 Å². The molecule has 0 fully saturated rings. The van der Waals surface area contributed by atoms with Crippen molar-refractivity contribution in [1.29, 1.82) is 0 Å². The SMILES string of the molecule is CN=C(/C=C(/C)OC)CO. The van der Waals surface area contributed by atoms with Crippen molar-refractivity contribution in [1.82, 2.24) is 0 Å². The van der Waals surface area contributed by atoms with Crippen LogP contribution in [0.25, 0.3) is 0 Å². The van der Waals surface area contributed by atoms with Gasteiger partial charge in [-0.1, -0.05) is 0 Å². The van der Waals surface area contributed by atoms with Crippen molar-refractivity contribution in [2.24, 2.45) is 4.99 Å². The van der Waals surface area contributed by atoms with Crippen LogP contribution in [0.15, 0.2) is 16.8 Å². The molecule has 58 valence electrons. The predicted molar refractivity (Wildman–Crippen MR) is 41.2 cm³/mol. The number of methoxy groups -OCH3 is 1. The van der Waals surface area contributed by atoms with E-state index in [2.05, 4.69) is 4.99 Å². The zero-order chi connectivity index (χ0) is 7.98. The summed E-state index contributed by atoms with van der Waals surface area (Å²) >= 11 is 0. The molecule has 0 amide bonds. The lowest BCUT2D eigenvalue weighted by molar-refractivity contribution is 0.293. The standard InChI is InChI=1S/C7H13NO2/c1-6(10-3)4-7(5-9)8-2/h4,9H,5H2,1-3H3/b6-4-,8-7?. The van der Waals surface area contributed by atoms with Crippen molar-refractivity contribution in [3.05, 3.63) is 11.8 Å². The lowest BCUT2D eigenvalue weighted by atomic mass is 10.3. The second-order valence-corrected chi connectivity index (χ2v) is 1.83. The Morgan fingerprint density at radius 3 is 2.60 bits per heavy atom. The first-order valence-corrected chi connectivity index (χ1v) is 3.03. The average Bonchev–Trinajstić information content (AvgIpc) is 1.99. The Balaban J connectivity index is 4.08. The summed E-state index contributed by atoms with van der Waals surface area (Å²) in [4.78, 5) is 3.80. The molecule has 0 aliphatic carbocycles. The molecule has 0 spiro atoms. The minimum atomic E-state index is -0.0444. The maximum atomic E-state index is 8.64. The molecular formula is C7H13NO2. The van der Waals surface area contributed by atoms with Gasteiger partial charge in [-0.15, -0.1) is 0 Å². The van der Waals surface area contributed by atoms with E-state index in [1.54, 1.807) is 27.2 Å². The van der Waals surface area contributed by atoms with E-state index in [4.69, 9.17) is 9.84 Å². The molecular weight excluding hydrogens is 130 g/mol. The summed E-state index contributed by atoms with van der Waals surface area (Å²) in [5.41, 5.74) is 0.624.